The molecule has 4 heteroatoms. The largest absolute Gasteiger partial charge is 0.371 e. The third-order valence-electron chi connectivity index (χ3n) is 3.66. The van der Waals surface area contributed by atoms with Gasteiger partial charge in [-0.1, -0.05) is 6.07 Å². The Balaban J connectivity index is 1.90. The lowest BCUT2D eigenvalue weighted by Gasteiger charge is -2.34. The minimum absolute atomic E-state index is 0.390. The van der Waals surface area contributed by atoms with E-state index in [4.69, 9.17) is 10.5 Å². The van der Waals surface area contributed by atoms with Crippen LogP contribution in [0.2, 0.25) is 0 Å². The topological polar surface area (TPSA) is 51.4 Å². The van der Waals surface area contributed by atoms with E-state index in [2.05, 4.69) is 16.0 Å². The van der Waals surface area contributed by atoms with Gasteiger partial charge >= 0.3 is 0 Å². The van der Waals surface area contributed by atoms with E-state index in [0.717, 1.165) is 30.2 Å². The van der Waals surface area contributed by atoms with Gasteiger partial charge in [-0.2, -0.15) is 0 Å². The van der Waals surface area contributed by atoms with Crippen LogP contribution >= 0.6 is 0 Å². The quantitative estimate of drug-likeness (QED) is 0.834. The van der Waals surface area contributed by atoms with E-state index in [1.807, 2.05) is 13.0 Å². The van der Waals surface area contributed by atoms with Crippen LogP contribution in [0.1, 0.15) is 24.1 Å². The molecule has 2 bridgehead atoms. The number of nitrogens with two attached hydrogens (primary N) is 1. The molecule has 3 heterocycles. The summed E-state index contributed by atoms with van der Waals surface area (Å²) in [6, 6.07) is 4.12. The van der Waals surface area contributed by atoms with Crippen molar-refractivity contribution in [1.29, 1.82) is 0 Å². The van der Waals surface area contributed by atoms with Gasteiger partial charge < -0.3 is 15.4 Å². The standard InChI is InChI=1S/C13H19N3O/c1-9-2-3-10(6-14)13(15-9)16-7-11-4-5-12(8-16)17-11/h2-3,11-12H,4-8,14H2,1H3. The second-order valence-electron chi connectivity index (χ2n) is 5.00. The van der Waals surface area contributed by atoms with Gasteiger partial charge in [0.1, 0.15) is 5.82 Å². The molecule has 1 aromatic rings. The van der Waals surface area contributed by atoms with Crippen LogP contribution in [0.3, 0.4) is 0 Å². The summed E-state index contributed by atoms with van der Waals surface area (Å²) in [5.74, 6) is 1.06. The van der Waals surface area contributed by atoms with Crippen molar-refractivity contribution >= 4 is 5.82 Å². The molecule has 2 N–H and O–H groups in total. The van der Waals surface area contributed by atoms with E-state index in [9.17, 15) is 0 Å². The van der Waals surface area contributed by atoms with Gasteiger partial charge in [0.05, 0.1) is 12.2 Å². The van der Waals surface area contributed by atoms with Gasteiger partial charge in [0.25, 0.3) is 0 Å². The lowest BCUT2D eigenvalue weighted by molar-refractivity contribution is 0.0301. The van der Waals surface area contributed by atoms with Crippen LogP contribution < -0.4 is 10.6 Å². The molecule has 0 spiro atoms. The maximum atomic E-state index is 5.85. The molecule has 2 fully saturated rings. The number of morpholine rings is 1. The second-order valence-corrected chi connectivity index (χ2v) is 5.00. The molecule has 92 valence electrons. The van der Waals surface area contributed by atoms with Crippen LogP contribution in [-0.2, 0) is 11.3 Å². The molecule has 17 heavy (non-hydrogen) atoms. The molecular formula is C13H19N3O. The highest BCUT2D eigenvalue weighted by Gasteiger charge is 2.34. The molecule has 1 aromatic heterocycles. The molecule has 0 aromatic carbocycles. The van der Waals surface area contributed by atoms with Gasteiger partial charge in [0.15, 0.2) is 0 Å². The zero-order valence-electron chi connectivity index (χ0n) is 10.2. The van der Waals surface area contributed by atoms with E-state index >= 15 is 0 Å². The number of hydrogen-bond acceptors (Lipinski definition) is 4. The monoisotopic (exact) mass is 233 g/mol. The predicted molar refractivity (Wildman–Crippen MR) is 67.0 cm³/mol. The Kier molecular flexibility index (Phi) is 2.76. The maximum absolute atomic E-state index is 5.85. The van der Waals surface area contributed by atoms with Gasteiger partial charge in [0, 0.05) is 30.9 Å². The summed E-state index contributed by atoms with van der Waals surface area (Å²) in [5.41, 5.74) is 7.98. The molecule has 2 saturated heterocycles. The molecule has 0 radical (unpaired) electrons. The number of anilines is 1. The van der Waals surface area contributed by atoms with E-state index in [0.29, 0.717) is 18.8 Å². The fourth-order valence-electron chi connectivity index (χ4n) is 2.79. The Morgan fingerprint density at radius 3 is 2.71 bits per heavy atom. The molecule has 2 aliphatic rings. The number of aryl methyl sites for hydroxylation is 1. The van der Waals surface area contributed by atoms with Crippen LogP contribution in [0.25, 0.3) is 0 Å². The fourth-order valence-corrected chi connectivity index (χ4v) is 2.79. The molecular weight excluding hydrogens is 214 g/mol. The summed E-state index contributed by atoms with van der Waals surface area (Å²) in [5, 5.41) is 0. The van der Waals surface area contributed by atoms with E-state index < -0.39 is 0 Å². The third-order valence-corrected chi connectivity index (χ3v) is 3.66. The van der Waals surface area contributed by atoms with Gasteiger partial charge in [-0.3, -0.25) is 0 Å². The Labute approximate surface area is 102 Å². The third kappa shape index (κ3) is 2.03. The van der Waals surface area contributed by atoms with Crippen LogP contribution in [0.15, 0.2) is 12.1 Å². The van der Waals surface area contributed by atoms with Crippen molar-refractivity contribution in [2.24, 2.45) is 5.73 Å². The molecule has 3 rings (SSSR count). The summed E-state index contributed by atoms with van der Waals surface area (Å²) in [6.07, 6.45) is 3.15. The number of fused-ring (bicyclic) bond motifs is 2. The number of nitrogens with zero attached hydrogens (tertiary/aromatic N) is 2. The molecule has 2 unspecified atom stereocenters. The molecule has 0 saturated carbocycles. The first-order valence-corrected chi connectivity index (χ1v) is 6.33. The molecule has 2 aliphatic heterocycles. The van der Waals surface area contributed by atoms with Crippen LogP contribution in [0.5, 0.6) is 0 Å². The summed E-state index contributed by atoms with van der Waals surface area (Å²) < 4.78 is 5.85. The van der Waals surface area contributed by atoms with Gasteiger partial charge in [-0.05, 0) is 25.8 Å². The first kappa shape index (κ1) is 11.0. The Hall–Kier alpha value is -1.13. The van der Waals surface area contributed by atoms with Crippen molar-refractivity contribution in [3.8, 4) is 0 Å². The van der Waals surface area contributed by atoms with E-state index in [1.165, 1.54) is 12.8 Å². The van der Waals surface area contributed by atoms with Crippen molar-refractivity contribution in [3.63, 3.8) is 0 Å². The summed E-state index contributed by atoms with van der Waals surface area (Å²) >= 11 is 0. The van der Waals surface area contributed by atoms with Gasteiger partial charge in [0.2, 0.25) is 0 Å². The Bertz CT molecular complexity index is 409. The summed E-state index contributed by atoms with van der Waals surface area (Å²) in [4.78, 5) is 7.00. The normalized spacial score (nSPS) is 27.5. The van der Waals surface area contributed by atoms with Crippen molar-refractivity contribution in [2.75, 3.05) is 18.0 Å². The average Bonchev–Trinajstić information content (AvgIpc) is 2.68. The lowest BCUT2D eigenvalue weighted by atomic mass is 10.2. The zero-order valence-corrected chi connectivity index (χ0v) is 10.2. The second kappa shape index (κ2) is 4.27. The number of ether oxygens (including phenoxy) is 1. The first-order chi connectivity index (χ1) is 8.26. The highest BCUT2D eigenvalue weighted by atomic mass is 16.5. The number of aromatic nitrogens is 1. The fraction of sp³-hybridized carbons (Fsp3) is 0.615. The highest BCUT2D eigenvalue weighted by Crippen LogP contribution is 2.30. The van der Waals surface area contributed by atoms with Crippen LogP contribution in [0, 0.1) is 6.92 Å². The number of rotatable bonds is 2. The minimum atomic E-state index is 0.390. The smallest absolute Gasteiger partial charge is 0.133 e. The van der Waals surface area contributed by atoms with Crippen molar-refractivity contribution in [1.82, 2.24) is 4.98 Å². The molecule has 0 aliphatic carbocycles. The maximum Gasteiger partial charge on any atom is 0.133 e. The Morgan fingerprint density at radius 1 is 1.35 bits per heavy atom. The van der Waals surface area contributed by atoms with Crippen molar-refractivity contribution in [3.05, 3.63) is 23.4 Å². The summed E-state index contributed by atoms with van der Waals surface area (Å²) in [7, 11) is 0. The zero-order chi connectivity index (χ0) is 11.8. The van der Waals surface area contributed by atoms with Gasteiger partial charge in [-0.15, -0.1) is 0 Å². The number of pyridine rings is 1. The number of hydrogen-bond donors (Lipinski definition) is 1. The average molecular weight is 233 g/mol. The summed E-state index contributed by atoms with van der Waals surface area (Å²) in [6.45, 7) is 4.49. The van der Waals surface area contributed by atoms with Crippen molar-refractivity contribution < 1.29 is 4.74 Å². The van der Waals surface area contributed by atoms with Crippen LogP contribution in [-0.4, -0.2) is 30.3 Å². The highest BCUT2D eigenvalue weighted by molar-refractivity contribution is 5.48. The molecule has 0 amide bonds. The SMILES string of the molecule is Cc1ccc(CN)c(N2CC3CCC(C2)O3)n1. The van der Waals surface area contributed by atoms with Crippen molar-refractivity contribution in [2.45, 2.75) is 38.5 Å². The minimum Gasteiger partial charge on any atom is -0.371 e. The predicted octanol–water partition coefficient (Wildman–Crippen LogP) is 1.22. The van der Waals surface area contributed by atoms with E-state index in [1.54, 1.807) is 0 Å². The Morgan fingerprint density at radius 2 is 2.06 bits per heavy atom. The molecule has 4 nitrogen and oxygen atoms in total. The van der Waals surface area contributed by atoms with Gasteiger partial charge in [-0.25, -0.2) is 4.98 Å². The van der Waals surface area contributed by atoms with E-state index in [-0.39, 0.29) is 0 Å². The van der Waals surface area contributed by atoms with Crippen LogP contribution in [0.4, 0.5) is 5.82 Å². The lowest BCUT2D eigenvalue weighted by Crippen LogP contribution is -2.43. The molecule has 2 atom stereocenters. The first-order valence-electron chi connectivity index (χ1n) is 6.33.